The molecule has 0 aliphatic rings. The van der Waals surface area contributed by atoms with Crippen LogP contribution in [0.15, 0.2) is 23.1 Å². The van der Waals surface area contributed by atoms with Crippen molar-refractivity contribution in [3.63, 3.8) is 0 Å². The molecule has 1 rings (SSSR count). The molecule has 134 valence electrons. The second kappa shape index (κ2) is 8.25. The molecule has 0 bridgehead atoms. The minimum Gasteiger partial charge on any atom is -0.462 e. The quantitative estimate of drug-likeness (QED) is 0.589. The lowest BCUT2D eigenvalue weighted by molar-refractivity contribution is 0.0412. The number of rotatable bonds is 7. The van der Waals surface area contributed by atoms with Crippen molar-refractivity contribution < 1.29 is 32.0 Å². The molecule has 0 amide bonds. The van der Waals surface area contributed by atoms with Crippen molar-refractivity contribution >= 4 is 22.1 Å². The van der Waals surface area contributed by atoms with Gasteiger partial charge < -0.3 is 9.47 Å². The first-order chi connectivity index (χ1) is 11.0. The maximum atomic E-state index is 12.2. The molecule has 0 radical (unpaired) electrons. The molecule has 0 saturated heterocycles. The van der Waals surface area contributed by atoms with Crippen LogP contribution < -0.4 is 0 Å². The molecule has 0 spiro atoms. The van der Waals surface area contributed by atoms with Gasteiger partial charge in [0.15, 0.2) is 0 Å². The van der Waals surface area contributed by atoms with Crippen LogP contribution in [0, 0.1) is 11.8 Å². The van der Waals surface area contributed by atoms with E-state index in [4.69, 9.17) is 14.0 Å². The van der Waals surface area contributed by atoms with Crippen molar-refractivity contribution in [1.82, 2.24) is 0 Å². The Morgan fingerprint density at radius 1 is 0.958 bits per heavy atom. The molecule has 24 heavy (non-hydrogen) atoms. The van der Waals surface area contributed by atoms with Gasteiger partial charge in [0.05, 0.1) is 29.2 Å². The molecule has 1 N–H and O–H groups in total. The fourth-order valence-corrected chi connectivity index (χ4v) is 2.18. The van der Waals surface area contributed by atoms with Gasteiger partial charge >= 0.3 is 11.9 Å². The van der Waals surface area contributed by atoms with E-state index in [0.717, 1.165) is 18.2 Å². The molecule has 0 aliphatic carbocycles. The summed E-state index contributed by atoms with van der Waals surface area (Å²) in [6.45, 7) is 7.63. The van der Waals surface area contributed by atoms with Crippen LogP contribution in [0.3, 0.4) is 0 Å². The van der Waals surface area contributed by atoms with Gasteiger partial charge in [-0.3, -0.25) is 4.55 Å². The molecule has 0 atom stereocenters. The molecule has 1 aromatic carbocycles. The van der Waals surface area contributed by atoms with E-state index in [9.17, 15) is 18.0 Å². The van der Waals surface area contributed by atoms with Crippen molar-refractivity contribution in [3.8, 4) is 0 Å². The van der Waals surface area contributed by atoms with Gasteiger partial charge in [-0.05, 0) is 30.0 Å². The minimum absolute atomic E-state index is 0.0649. The van der Waals surface area contributed by atoms with Crippen LogP contribution in [0.4, 0.5) is 0 Å². The minimum atomic E-state index is -4.52. The van der Waals surface area contributed by atoms with Crippen LogP contribution in [0.25, 0.3) is 0 Å². The highest BCUT2D eigenvalue weighted by molar-refractivity contribution is 7.85. The first-order valence-corrected chi connectivity index (χ1v) is 8.92. The molecular formula is C16H22O7S. The topological polar surface area (TPSA) is 107 Å². The van der Waals surface area contributed by atoms with Crippen molar-refractivity contribution in [1.29, 1.82) is 0 Å². The van der Waals surface area contributed by atoms with Gasteiger partial charge in [-0.15, -0.1) is 0 Å². The smallest absolute Gasteiger partial charge is 0.339 e. The van der Waals surface area contributed by atoms with Crippen molar-refractivity contribution in [2.75, 3.05) is 13.2 Å². The maximum absolute atomic E-state index is 12.2. The standard InChI is InChI=1S/C16H22O7S/c1-10(2)8-22-15(17)13-6-5-12(24(19,20)21)7-14(13)16(18)23-9-11(3)4/h5-7,10-11H,8-9H2,1-4H3,(H,19,20,21). The Balaban J connectivity index is 3.22. The normalized spacial score (nSPS) is 11.6. The summed E-state index contributed by atoms with van der Waals surface area (Å²) in [6, 6.07) is 3.06. The number of hydrogen-bond donors (Lipinski definition) is 1. The van der Waals surface area contributed by atoms with E-state index in [0.29, 0.717) is 0 Å². The van der Waals surface area contributed by atoms with E-state index in [1.807, 2.05) is 27.7 Å². The fourth-order valence-electron chi connectivity index (χ4n) is 1.67. The van der Waals surface area contributed by atoms with E-state index in [1.54, 1.807) is 0 Å². The van der Waals surface area contributed by atoms with Gasteiger partial charge in [-0.2, -0.15) is 8.42 Å². The monoisotopic (exact) mass is 358 g/mol. The zero-order valence-electron chi connectivity index (χ0n) is 14.1. The largest absolute Gasteiger partial charge is 0.462 e. The number of carbonyl (C=O) groups excluding carboxylic acids is 2. The SMILES string of the molecule is CC(C)COC(=O)c1ccc(S(=O)(=O)O)cc1C(=O)OCC(C)C. The van der Waals surface area contributed by atoms with Crippen molar-refractivity contribution in [2.45, 2.75) is 32.6 Å². The molecular weight excluding hydrogens is 336 g/mol. The molecule has 0 unspecified atom stereocenters. The highest BCUT2D eigenvalue weighted by Crippen LogP contribution is 2.19. The van der Waals surface area contributed by atoms with E-state index in [2.05, 4.69) is 0 Å². The lowest BCUT2D eigenvalue weighted by Gasteiger charge is -2.12. The predicted octanol–water partition coefficient (Wildman–Crippen LogP) is 2.56. The van der Waals surface area contributed by atoms with Gasteiger partial charge in [0, 0.05) is 0 Å². The molecule has 0 saturated carbocycles. The number of benzene rings is 1. The first kappa shape index (κ1) is 20.1. The zero-order valence-corrected chi connectivity index (χ0v) is 14.9. The van der Waals surface area contributed by atoms with Gasteiger partial charge in [-0.1, -0.05) is 27.7 Å². The van der Waals surface area contributed by atoms with Gasteiger partial charge in [0.25, 0.3) is 10.1 Å². The second-order valence-corrected chi connectivity index (χ2v) is 7.59. The van der Waals surface area contributed by atoms with E-state index < -0.39 is 27.0 Å². The van der Waals surface area contributed by atoms with Crippen LogP contribution in [0.5, 0.6) is 0 Å². The summed E-state index contributed by atoms with van der Waals surface area (Å²) in [5, 5.41) is 0. The molecule has 1 aromatic rings. The summed E-state index contributed by atoms with van der Waals surface area (Å²) in [5.74, 6) is -1.45. The summed E-state index contributed by atoms with van der Waals surface area (Å²) < 4.78 is 41.8. The third kappa shape index (κ3) is 5.93. The van der Waals surface area contributed by atoms with Crippen LogP contribution in [0.1, 0.15) is 48.4 Å². The van der Waals surface area contributed by atoms with Gasteiger partial charge in [-0.25, -0.2) is 9.59 Å². The molecule has 7 nitrogen and oxygen atoms in total. The number of esters is 2. The van der Waals surface area contributed by atoms with Crippen LogP contribution in [0.2, 0.25) is 0 Å². The summed E-state index contributed by atoms with van der Waals surface area (Å²) in [7, 11) is -4.52. The van der Waals surface area contributed by atoms with Gasteiger partial charge in [0.2, 0.25) is 0 Å². The lowest BCUT2D eigenvalue weighted by atomic mass is 10.1. The Bertz CT molecular complexity index is 705. The molecule has 0 heterocycles. The Morgan fingerprint density at radius 2 is 1.42 bits per heavy atom. The number of hydrogen-bond acceptors (Lipinski definition) is 6. The van der Waals surface area contributed by atoms with Crippen molar-refractivity contribution in [3.05, 3.63) is 29.3 Å². The maximum Gasteiger partial charge on any atom is 0.339 e. The highest BCUT2D eigenvalue weighted by Gasteiger charge is 2.23. The Kier molecular flexibility index (Phi) is 6.92. The Hall–Kier alpha value is -1.93. The highest BCUT2D eigenvalue weighted by atomic mass is 32.2. The average molecular weight is 358 g/mol. The third-order valence-electron chi connectivity index (χ3n) is 2.82. The van der Waals surface area contributed by atoms with E-state index in [-0.39, 0.29) is 36.2 Å². The van der Waals surface area contributed by atoms with Crippen LogP contribution in [-0.4, -0.2) is 38.1 Å². The molecule has 0 aromatic heterocycles. The summed E-state index contributed by atoms with van der Waals surface area (Å²) in [6.07, 6.45) is 0. The Morgan fingerprint density at radius 3 is 1.83 bits per heavy atom. The van der Waals surface area contributed by atoms with E-state index in [1.165, 1.54) is 0 Å². The van der Waals surface area contributed by atoms with E-state index >= 15 is 0 Å². The first-order valence-electron chi connectivity index (χ1n) is 7.48. The van der Waals surface area contributed by atoms with Crippen LogP contribution in [-0.2, 0) is 19.6 Å². The Labute approximate surface area is 141 Å². The molecule has 0 aliphatic heterocycles. The van der Waals surface area contributed by atoms with Crippen molar-refractivity contribution in [2.24, 2.45) is 11.8 Å². The molecule has 0 fully saturated rings. The number of ether oxygens (including phenoxy) is 2. The summed E-state index contributed by atoms with van der Waals surface area (Å²) in [5.41, 5.74) is -0.378. The van der Waals surface area contributed by atoms with Gasteiger partial charge in [0.1, 0.15) is 0 Å². The lowest BCUT2D eigenvalue weighted by Crippen LogP contribution is -2.18. The second-order valence-electron chi connectivity index (χ2n) is 6.17. The fraction of sp³-hybridized carbons (Fsp3) is 0.500. The molecule has 8 heteroatoms. The number of carbonyl (C=O) groups is 2. The zero-order chi connectivity index (χ0) is 18.5. The third-order valence-corrected chi connectivity index (χ3v) is 3.67. The van der Waals surface area contributed by atoms with Crippen LogP contribution >= 0.6 is 0 Å². The average Bonchev–Trinajstić information content (AvgIpc) is 2.48. The predicted molar refractivity (Wildman–Crippen MR) is 86.5 cm³/mol. The summed E-state index contributed by atoms with van der Waals surface area (Å²) in [4.78, 5) is 23.8. The summed E-state index contributed by atoms with van der Waals surface area (Å²) >= 11 is 0.